The highest BCUT2D eigenvalue weighted by atomic mass is 32.2. The first-order valence-corrected chi connectivity index (χ1v) is 15.7. The summed E-state index contributed by atoms with van der Waals surface area (Å²) in [6, 6.07) is 15.6. The topological polar surface area (TPSA) is 108 Å². The van der Waals surface area contributed by atoms with Crippen molar-refractivity contribution in [3.63, 3.8) is 0 Å². The van der Waals surface area contributed by atoms with E-state index in [0.717, 1.165) is 30.6 Å². The van der Waals surface area contributed by atoms with Crippen LogP contribution in [0.4, 0.5) is 5.69 Å². The molecule has 3 fully saturated rings. The lowest BCUT2D eigenvalue weighted by molar-refractivity contribution is -0.142. The molecule has 3 heterocycles. The van der Waals surface area contributed by atoms with Gasteiger partial charge in [0.25, 0.3) is 0 Å². The van der Waals surface area contributed by atoms with Crippen molar-refractivity contribution >= 4 is 35.2 Å². The molecular weight excluding hydrogens is 538 g/mol. The Labute approximate surface area is 246 Å². The van der Waals surface area contributed by atoms with Gasteiger partial charge in [-0.05, 0) is 61.9 Å². The number of nitrogens with one attached hydrogen (secondary N) is 2. The molecule has 7 atom stereocenters. The van der Waals surface area contributed by atoms with E-state index in [1.165, 1.54) is 0 Å². The summed E-state index contributed by atoms with van der Waals surface area (Å²) in [6.07, 6.45) is 2.96. The Morgan fingerprint density at radius 1 is 1.12 bits per heavy atom. The predicted molar refractivity (Wildman–Crippen MR) is 161 cm³/mol. The second kappa shape index (κ2) is 12.4. The normalized spacial score (nSPS) is 28.8. The lowest BCUT2D eigenvalue weighted by atomic mass is 9.66. The van der Waals surface area contributed by atoms with Crippen LogP contribution in [0.1, 0.15) is 45.6 Å². The van der Waals surface area contributed by atoms with Crippen LogP contribution in [0.3, 0.4) is 0 Å². The number of benzene rings is 2. The van der Waals surface area contributed by atoms with Crippen molar-refractivity contribution < 1.29 is 24.2 Å². The van der Waals surface area contributed by atoms with Crippen molar-refractivity contribution in [2.75, 3.05) is 25.1 Å². The van der Waals surface area contributed by atoms with Gasteiger partial charge in [0.1, 0.15) is 11.8 Å². The number of hydrogen-bond donors (Lipinski definition) is 3. The van der Waals surface area contributed by atoms with Gasteiger partial charge in [0, 0.05) is 17.5 Å². The Morgan fingerprint density at radius 3 is 2.51 bits per heavy atom. The molecule has 3 unspecified atom stereocenters. The smallest absolute Gasteiger partial charge is 0.244 e. The number of hydrogen-bond acceptors (Lipinski definition) is 6. The molecule has 2 bridgehead atoms. The summed E-state index contributed by atoms with van der Waals surface area (Å²) in [5.41, 5.74) is 1.62. The van der Waals surface area contributed by atoms with Crippen molar-refractivity contribution in [3.8, 4) is 5.75 Å². The average Bonchev–Trinajstić information content (AvgIpc) is 3.57. The maximum Gasteiger partial charge on any atom is 0.244 e. The third-order valence-corrected chi connectivity index (χ3v) is 11.0. The van der Waals surface area contributed by atoms with Gasteiger partial charge in [-0.3, -0.25) is 14.4 Å². The van der Waals surface area contributed by atoms with Crippen molar-refractivity contribution in [3.05, 3.63) is 60.2 Å². The van der Waals surface area contributed by atoms with E-state index in [2.05, 4.69) is 24.5 Å². The fraction of sp³-hybridized carbons (Fsp3) is 0.531. The molecule has 3 aliphatic rings. The number of aliphatic hydroxyl groups is 1. The maximum atomic E-state index is 14.5. The van der Waals surface area contributed by atoms with Gasteiger partial charge >= 0.3 is 0 Å². The minimum absolute atomic E-state index is 0.0589. The van der Waals surface area contributed by atoms with Crippen molar-refractivity contribution in [1.29, 1.82) is 0 Å². The van der Waals surface area contributed by atoms with Gasteiger partial charge in [0.05, 0.1) is 35.8 Å². The van der Waals surface area contributed by atoms with Crippen LogP contribution >= 0.6 is 11.8 Å². The van der Waals surface area contributed by atoms with E-state index in [4.69, 9.17) is 4.74 Å². The molecule has 9 heteroatoms. The summed E-state index contributed by atoms with van der Waals surface area (Å²) in [6.45, 7) is 6.90. The lowest BCUT2D eigenvalue weighted by Crippen LogP contribution is -2.58. The van der Waals surface area contributed by atoms with Crippen LogP contribution < -0.4 is 15.4 Å². The molecule has 0 aliphatic carbocycles. The number of aliphatic hydroxyl groups excluding tert-OH is 1. The van der Waals surface area contributed by atoms with Crippen molar-refractivity contribution in [2.24, 2.45) is 17.8 Å². The number of fused-ring (bicyclic) bond motifs is 1. The largest absolute Gasteiger partial charge is 0.494 e. The van der Waals surface area contributed by atoms with Gasteiger partial charge < -0.3 is 25.4 Å². The first-order chi connectivity index (χ1) is 19.8. The summed E-state index contributed by atoms with van der Waals surface area (Å²) in [7, 11) is 0. The summed E-state index contributed by atoms with van der Waals surface area (Å²) < 4.78 is 4.79. The Morgan fingerprint density at radius 2 is 1.85 bits per heavy atom. The highest BCUT2D eigenvalue weighted by molar-refractivity contribution is 8.02. The number of thioether (sulfide) groups is 1. The molecular formula is C32H41N3O5S. The number of carbonyl (C=O) groups excluding carboxylic acids is 3. The van der Waals surface area contributed by atoms with Crippen LogP contribution in [0.25, 0.3) is 0 Å². The van der Waals surface area contributed by atoms with Crippen LogP contribution in [0.5, 0.6) is 5.75 Å². The predicted octanol–water partition coefficient (Wildman–Crippen LogP) is 3.88. The molecule has 0 aromatic heterocycles. The number of carbonyl (C=O) groups is 3. The van der Waals surface area contributed by atoms with E-state index in [1.54, 1.807) is 28.8 Å². The molecule has 3 amide bonds. The van der Waals surface area contributed by atoms with Crippen LogP contribution in [0.2, 0.25) is 0 Å². The van der Waals surface area contributed by atoms with E-state index >= 15 is 0 Å². The molecule has 41 heavy (non-hydrogen) atoms. The third-order valence-electron chi connectivity index (χ3n) is 8.92. The van der Waals surface area contributed by atoms with Gasteiger partial charge in [0.15, 0.2) is 0 Å². The molecule has 0 saturated carbocycles. The molecule has 3 N–H and O–H groups in total. The van der Waals surface area contributed by atoms with E-state index in [9.17, 15) is 19.5 Å². The van der Waals surface area contributed by atoms with Gasteiger partial charge in [0.2, 0.25) is 17.7 Å². The molecule has 1 spiro atoms. The van der Waals surface area contributed by atoms with Gasteiger partial charge in [-0.1, -0.05) is 50.6 Å². The fourth-order valence-corrected chi connectivity index (χ4v) is 9.51. The van der Waals surface area contributed by atoms with E-state index < -0.39 is 28.7 Å². The first-order valence-electron chi connectivity index (χ1n) is 14.8. The molecule has 2 aromatic carbocycles. The van der Waals surface area contributed by atoms with Crippen LogP contribution in [-0.2, 0) is 20.8 Å². The standard InChI is InChI=1S/C32H41N3O5S/c1-4-6-16-33-30(38)28-32-20(3)17-25(41-32)26(29(37)34-22-12-14-24(15-13-22)40-5-2)27(32)31(39)35(28)23(19-36)18-21-10-8-7-9-11-21/h7-15,20,23,25-28,36H,4-6,16-19H2,1-3H3,(H,33,38)(H,34,37)/t20?,23-,25-,26+,27+,28?,32?/m1/s1. The summed E-state index contributed by atoms with van der Waals surface area (Å²) in [5, 5.41) is 16.7. The summed E-state index contributed by atoms with van der Waals surface area (Å²) >= 11 is 1.65. The summed E-state index contributed by atoms with van der Waals surface area (Å²) in [5.74, 6) is -1.02. The van der Waals surface area contributed by atoms with Crippen LogP contribution in [0.15, 0.2) is 54.6 Å². The fourth-order valence-electron chi connectivity index (χ4n) is 7.10. The molecule has 8 nitrogen and oxygen atoms in total. The van der Waals surface area contributed by atoms with Gasteiger partial charge in [-0.2, -0.15) is 0 Å². The second-order valence-electron chi connectivity index (χ2n) is 11.4. The highest BCUT2D eigenvalue weighted by Crippen LogP contribution is 2.68. The number of unbranched alkanes of at least 4 members (excludes halogenated alkanes) is 1. The van der Waals surface area contributed by atoms with Crippen molar-refractivity contribution in [2.45, 2.75) is 68.5 Å². The maximum absolute atomic E-state index is 14.5. The van der Waals surface area contributed by atoms with Crippen molar-refractivity contribution in [1.82, 2.24) is 10.2 Å². The molecule has 3 aliphatic heterocycles. The molecule has 5 rings (SSSR count). The Bertz CT molecular complexity index is 1240. The summed E-state index contributed by atoms with van der Waals surface area (Å²) in [4.78, 5) is 43.9. The minimum Gasteiger partial charge on any atom is -0.494 e. The highest BCUT2D eigenvalue weighted by Gasteiger charge is 2.76. The molecule has 2 aromatic rings. The zero-order chi connectivity index (χ0) is 29.1. The number of likely N-dealkylation sites (tertiary alicyclic amines) is 1. The van der Waals surface area contributed by atoms with Crippen LogP contribution in [0, 0.1) is 17.8 Å². The van der Waals surface area contributed by atoms with Gasteiger partial charge in [-0.25, -0.2) is 0 Å². The SMILES string of the molecule is CCCCNC(=O)C1N([C@@H](CO)Cc2ccccc2)C(=O)[C@@H]2[C@@H](C(=O)Nc3ccc(OCC)cc3)[C@H]3CC(C)C12S3. The zero-order valence-corrected chi connectivity index (χ0v) is 24.9. The number of ether oxygens (including phenoxy) is 1. The molecule has 3 saturated heterocycles. The second-order valence-corrected chi connectivity index (χ2v) is 13.0. The van der Waals surface area contributed by atoms with E-state index in [0.29, 0.717) is 25.3 Å². The monoisotopic (exact) mass is 579 g/mol. The number of anilines is 1. The Balaban J connectivity index is 1.48. The number of amides is 3. The van der Waals surface area contributed by atoms with E-state index in [1.807, 2.05) is 49.4 Å². The van der Waals surface area contributed by atoms with Gasteiger partial charge in [-0.15, -0.1) is 11.8 Å². The number of rotatable bonds is 12. The Kier molecular flexibility index (Phi) is 8.94. The third kappa shape index (κ3) is 5.34. The van der Waals surface area contributed by atoms with Crippen LogP contribution in [-0.4, -0.2) is 69.6 Å². The Hall–Kier alpha value is -3.04. The quantitative estimate of drug-likeness (QED) is 0.330. The zero-order valence-electron chi connectivity index (χ0n) is 24.0. The molecule has 0 radical (unpaired) electrons. The van der Waals surface area contributed by atoms with E-state index in [-0.39, 0.29) is 35.5 Å². The lowest BCUT2D eigenvalue weighted by Gasteiger charge is -2.40. The minimum atomic E-state index is -0.758. The first kappa shape index (κ1) is 29.5. The average molecular weight is 580 g/mol. The molecule has 220 valence electrons. The number of nitrogens with zero attached hydrogens (tertiary/aromatic N) is 1.